The molecule has 2 aromatic heterocycles. The molecule has 2 aliphatic rings. The largest absolute Gasteiger partial charge is 0.551 e. The molecule has 4 nitrogen and oxygen atoms in total. The number of para-hydroxylation sites is 3. The van der Waals surface area contributed by atoms with E-state index in [9.17, 15) is 0 Å². The summed E-state index contributed by atoms with van der Waals surface area (Å²) in [4.78, 5) is 0. The Kier molecular flexibility index (Phi) is 4.89. The third-order valence-electron chi connectivity index (χ3n) is 9.89. The molecule has 0 spiro atoms. The number of aromatic nitrogens is 1. The Morgan fingerprint density at radius 3 is 2.04 bits per heavy atom. The summed E-state index contributed by atoms with van der Waals surface area (Å²) in [6, 6.07) is 51.1. The highest BCUT2D eigenvalue weighted by Crippen LogP contribution is 2.42. The zero-order valence-corrected chi connectivity index (χ0v) is 25.1. The SMILES string of the molecule is c1cc2c3c(c1)-c1cc(-c4ccc5c(c4)oc4ccccc45)ccc1OB3c1ccc(-n3c4ccccc4c4ccccc43)cc1O2. The number of furan rings is 1. The van der Waals surface area contributed by atoms with Crippen molar-refractivity contribution >= 4 is 61.6 Å². The lowest BCUT2D eigenvalue weighted by Crippen LogP contribution is -2.53. The number of nitrogens with zero attached hydrogens (tertiary/aromatic N) is 1. The molecule has 0 radical (unpaired) electrons. The molecule has 0 unspecified atom stereocenters. The Hall–Kier alpha value is -6.20. The summed E-state index contributed by atoms with van der Waals surface area (Å²) < 4.78 is 22.0. The average Bonchev–Trinajstić information content (AvgIpc) is 3.67. The molecular formula is C42H24BNO3. The predicted octanol–water partition coefficient (Wildman–Crippen LogP) is 9.62. The van der Waals surface area contributed by atoms with Crippen molar-refractivity contribution < 1.29 is 13.8 Å². The Morgan fingerprint density at radius 2 is 1.19 bits per heavy atom. The minimum absolute atomic E-state index is 0.262. The molecule has 9 aromatic rings. The van der Waals surface area contributed by atoms with Gasteiger partial charge in [0.2, 0.25) is 0 Å². The van der Waals surface area contributed by atoms with Crippen LogP contribution in [-0.4, -0.2) is 11.5 Å². The molecule has 4 heterocycles. The molecule has 11 rings (SSSR count). The minimum atomic E-state index is -0.262. The summed E-state index contributed by atoms with van der Waals surface area (Å²) in [5.74, 6) is 2.52. The van der Waals surface area contributed by atoms with E-state index >= 15 is 0 Å². The molecule has 0 fully saturated rings. The molecular weight excluding hydrogens is 577 g/mol. The van der Waals surface area contributed by atoms with Gasteiger partial charge in [0.15, 0.2) is 0 Å². The number of ether oxygens (including phenoxy) is 1. The van der Waals surface area contributed by atoms with E-state index in [0.717, 1.165) is 78.1 Å². The van der Waals surface area contributed by atoms with E-state index in [-0.39, 0.29) is 6.92 Å². The van der Waals surface area contributed by atoms with E-state index in [1.165, 1.54) is 21.8 Å². The van der Waals surface area contributed by atoms with Crippen molar-refractivity contribution in [3.8, 4) is 45.2 Å². The fourth-order valence-corrected chi connectivity index (χ4v) is 7.76. The van der Waals surface area contributed by atoms with E-state index in [1.807, 2.05) is 12.1 Å². The molecule has 47 heavy (non-hydrogen) atoms. The zero-order valence-electron chi connectivity index (χ0n) is 25.1. The van der Waals surface area contributed by atoms with Gasteiger partial charge in [-0.2, -0.15) is 0 Å². The fraction of sp³-hybridized carbons (Fsp3) is 0. The van der Waals surface area contributed by atoms with Crippen LogP contribution in [0, 0.1) is 0 Å². The molecule has 0 saturated heterocycles. The highest BCUT2D eigenvalue weighted by atomic mass is 16.5. The predicted molar refractivity (Wildman–Crippen MR) is 191 cm³/mol. The standard InChI is InChI=1S/C42H24BNO3/c1-4-12-35-28(8-1)29-9-2-5-13-36(29)44(35)27-18-20-34-41(24-27)46-39-15-7-11-32-33-22-25(17-21-38(33)47-43(34)42(32)39)26-16-19-31-30-10-3-6-14-37(30)45-40(31)23-26/h1-24H. The third kappa shape index (κ3) is 3.48. The van der Waals surface area contributed by atoms with Crippen LogP contribution in [0.1, 0.15) is 0 Å². The summed E-state index contributed by atoms with van der Waals surface area (Å²) in [6.45, 7) is -0.262. The van der Waals surface area contributed by atoms with Gasteiger partial charge in [0.25, 0.3) is 0 Å². The van der Waals surface area contributed by atoms with Gasteiger partial charge in [-0.15, -0.1) is 0 Å². The van der Waals surface area contributed by atoms with Crippen LogP contribution in [0.15, 0.2) is 150 Å². The lowest BCUT2D eigenvalue weighted by molar-refractivity contribution is 0.479. The fourth-order valence-electron chi connectivity index (χ4n) is 7.76. The highest BCUT2D eigenvalue weighted by molar-refractivity contribution is 6.84. The van der Waals surface area contributed by atoms with Gasteiger partial charge in [-0.3, -0.25) is 0 Å². The first kappa shape index (κ1) is 25.0. The Labute approximate surface area is 270 Å². The topological polar surface area (TPSA) is 36.5 Å². The van der Waals surface area contributed by atoms with E-state index in [0.29, 0.717) is 0 Å². The van der Waals surface area contributed by atoms with Crippen molar-refractivity contribution in [3.05, 3.63) is 146 Å². The van der Waals surface area contributed by atoms with Gasteiger partial charge < -0.3 is 18.4 Å². The second kappa shape index (κ2) is 9.18. The van der Waals surface area contributed by atoms with Crippen LogP contribution in [0.25, 0.3) is 71.7 Å². The van der Waals surface area contributed by atoms with Gasteiger partial charge >= 0.3 is 6.92 Å². The molecule has 0 saturated carbocycles. The normalized spacial score (nSPS) is 13.0. The summed E-state index contributed by atoms with van der Waals surface area (Å²) in [6.07, 6.45) is 0. The average molecular weight is 601 g/mol. The third-order valence-corrected chi connectivity index (χ3v) is 9.89. The summed E-state index contributed by atoms with van der Waals surface area (Å²) in [7, 11) is 0. The van der Waals surface area contributed by atoms with E-state index in [1.54, 1.807) is 0 Å². The van der Waals surface area contributed by atoms with Crippen molar-refractivity contribution in [3.63, 3.8) is 0 Å². The first-order chi connectivity index (χ1) is 23.3. The van der Waals surface area contributed by atoms with Crippen LogP contribution in [0.4, 0.5) is 0 Å². The van der Waals surface area contributed by atoms with E-state index in [4.69, 9.17) is 13.8 Å². The Bertz CT molecular complexity index is 2720. The maximum absolute atomic E-state index is 6.83. The van der Waals surface area contributed by atoms with Crippen molar-refractivity contribution in [2.75, 3.05) is 0 Å². The number of fused-ring (bicyclic) bond motifs is 10. The summed E-state index contributed by atoms with van der Waals surface area (Å²) in [5.41, 5.74) is 11.7. The molecule has 0 amide bonds. The van der Waals surface area contributed by atoms with Crippen molar-refractivity contribution in [1.82, 2.24) is 4.57 Å². The van der Waals surface area contributed by atoms with Crippen LogP contribution in [0.3, 0.4) is 0 Å². The van der Waals surface area contributed by atoms with Gasteiger partial charge in [-0.25, -0.2) is 0 Å². The monoisotopic (exact) mass is 601 g/mol. The van der Waals surface area contributed by atoms with Gasteiger partial charge in [-0.1, -0.05) is 84.9 Å². The highest BCUT2D eigenvalue weighted by Gasteiger charge is 2.40. The number of hydrogen-bond donors (Lipinski definition) is 0. The molecule has 0 bridgehead atoms. The molecule has 0 N–H and O–H groups in total. The maximum Gasteiger partial charge on any atom is 0.434 e. The van der Waals surface area contributed by atoms with Crippen LogP contribution in [0.2, 0.25) is 0 Å². The van der Waals surface area contributed by atoms with Crippen LogP contribution >= 0.6 is 0 Å². The summed E-state index contributed by atoms with van der Waals surface area (Å²) >= 11 is 0. The molecule has 7 aromatic carbocycles. The smallest absolute Gasteiger partial charge is 0.434 e. The second-order valence-corrected chi connectivity index (χ2v) is 12.4. The molecule has 0 atom stereocenters. The van der Waals surface area contributed by atoms with E-state index in [2.05, 4.69) is 138 Å². The van der Waals surface area contributed by atoms with Crippen molar-refractivity contribution in [2.45, 2.75) is 0 Å². The zero-order chi connectivity index (χ0) is 30.6. The summed E-state index contributed by atoms with van der Waals surface area (Å²) in [5, 5.41) is 4.74. The van der Waals surface area contributed by atoms with Crippen molar-refractivity contribution in [2.24, 2.45) is 0 Å². The molecule has 218 valence electrons. The van der Waals surface area contributed by atoms with Crippen LogP contribution < -0.4 is 20.3 Å². The minimum Gasteiger partial charge on any atom is -0.551 e. The lowest BCUT2D eigenvalue weighted by atomic mass is 9.51. The van der Waals surface area contributed by atoms with Gasteiger partial charge in [0, 0.05) is 49.8 Å². The molecule has 0 aliphatic carbocycles. The van der Waals surface area contributed by atoms with Gasteiger partial charge in [-0.05, 0) is 71.3 Å². The Balaban J connectivity index is 1.02. The van der Waals surface area contributed by atoms with Crippen LogP contribution in [0.5, 0.6) is 17.2 Å². The van der Waals surface area contributed by atoms with Gasteiger partial charge in [0.1, 0.15) is 28.4 Å². The van der Waals surface area contributed by atoms with Crippen LogP contribution in [-0.2, 0) is 0 Å². The first-order valence-electron chi connectivity index (χ1n) is 15.9. The molecule has 5 heteroatoms. The first-order valence-corrected chi connectivity index (χ1v) is 15.9. The number of hydrogen-bond acceptors (Lipinski definition) is 3. The maximum atomic E-state index is 6.83. The molecule has 2 aliphatic heterocycles. The van der Waals surface area contributed by atoms with Gasteiger partial charge in [0.05, 0.1) is 11.0 Å². The second-order valence-electron chi connectivity index (χ2n) is 12.4. The number of rotatable bonds is 2. The van der Waals surface area contributed by atoms with Crippen molar-refractivity contribution in [1.29, 1.82) is 0 Å². The number of benzene rings is 7. The van der Waals surface area contributed by atoms with E-state index < -0.39 is 0 Å². The lowest BCUT2D eigenvalue weighted by Gasteiger charge is -2.33. The Morgan fingerprint density at radius 1 is 0.468 bits per heavy atom. The quantitative estimate of drug-likeness (QED) is 0.185.